The lowest BCUT2D eigenvalue weighted by Gasteiger charge is -2.00. The summed E-state index contributed by atoms with van der Waals surface area (Å²) in [5.41, 5.74) is 6.89. The van der Waals surface area contributed by atoms with Crippen LogP contribution in [0.4, 0.5) is 0 Å². The monoisotopic (exact) mass is 245 g/mol. The van der Waals surface area contributed by atoms with Gasteiger partial charge in [-0.1, -0.05) is 26.0 Å². The van der Waals surface area contributed by atoms with Crippen LogP contribution in [-0.4, -0.2) is 5.91 Å². The van der Waals surface area contributed by atoms with Gasteiger partial charge in [0, 0.05) is 15.3 Å². The van der Waals surface area contributed by atoms with Gasteiger partial charge in [0.15, 0.2) is 0 Å². The smallest absolute Gasteiger partial charge is 0.248 e. The van der Waals surface area contributed by atoms with E-state index in [1.165, 1.54) is 9.75 Å². The van der Waals surface area contributed by atoms with Crippen molar-refractivity contribution in [1.29, 1.82) is 0 Å². The van der Waals surface area contributed by atoms with Crippen molar-refractivity contribution in [2.45, 2.75) is 19.8 Å². The molecule has 3 heteroatoms. The lowest BCUT2D eigenvalue weighted by molar-refractivity contribution is 0.100. The third-order valence-corrected chi connectivity index (χ3v) is 4.08. The fourth-order valence-corrected chi connectivity index (χ4v) is 2.63. The second-order valence-corrected chi connectivity index (χ2v) is 5.41. The highest BCUT2D eigenvalue weighted by atomic mass is 32.1. The Morgan fingerprint density at radius 2 is 1.76 bits per heavy atom. The Labute approximate surface area is 105 Å². The topological polar surface area (TPSA) is 43.1 Å². The molecular weight excluding hydrogens is 230 g/mol. The van der Waals surface area contributed by atoms with Gasteiger partial charge in [0.25, 0.3) is 0 Å². The molecule has 0 saturated carbocycles. The van der Waals surface area contributed by atoms with E-state index >= 15 is 0 Å². The molecule has 17 heavy (non-hydrogen) atoms. The van der Waals surface area contributed by atoms with Gasteiger partial charge in [-0.15, -0.1) is 11.3 Å². The molecule has 0 atom stereocenters. The number of carbonyl (C=O) groups is 1. The number of hydrogen-bond donors (Lipinski definition) is 1. The summed E-state index contributed by atoms with van der Waals surface area (Å²) in [6.45, 7) is 4.37. The third-order valence-electron chi connectivity index (χ3n) is 2.65. The van der Waals surface area contributed by atoms with Gasteiger partial charge >= 0.3 is 0 Å². The van der Waals surface area contributed by atoms with Gasteiger partial charge in [-0.3, -0.25) is 4.79 Å². The van der Waals surface area contributed by atoms with Gasteiger partial charge in [-0.05, 0) is 35.7 Å². The zero-order chi connectivity index (χ0) is 12.4. The first-order chi connectivity index (χ1) is 8.08. The summed E-state index contributed by atoms with van der Waals surface area (Å²) < 4.78 is 0. The number of amides is 1. The normalized spacial score (nSPS) is 10.8. The molecule has 2 nitrogen and oxygen atoms in total. The summed E-state index contributed by atoms with van der Waals surface area (Å²) in [5.74, 6) is 0.171. The summed E-state index contributed by atoms with van der Waals surface area (Å²) in [6.07, 6.45) is 0. The van der Waals surface area contributed by atoms with Gasteiger partial charge in [0.05, 0.1) is 0 Å². The molecule has 0 aliphatic heterocycles. The molecule has 1 amide bonds. The number of thiophene rings is 1. The van der Waals surface area contributed by atoms with E-state index in [-0.39, 0.29) is 5.91 Å². The van der Waals surface area contributed by atoms with Crippen molar-refractivity contribution in [2.24, 2.45) is 5.73 Å². The van der Waals surface area contributed by atoms with E-state index in [0.717, 1.165) is 5.56 Å². The van der Waals surface area contributed by atoms with Crippen LogP contribution in [0.15, 0.2) is 36.4 Å². The van der Waals surface area contributed by atoms with Crippen LogP contribution in [-0.2, 0) is 0 Å². The first-order valence-corrected chi connectivity index (χ1v) is 6.39. The van der Waals surface area contributed by atoms with Crippen molar-refractivity contribution in [3.05, 3.63) is 46.8 Å². The Bertz CT molecular complexity index is 525. The molecule has 0 bridgehead atoms. The maximum atomic E-state index is 11.0. The van der Waals surface area contributed by atoms with Gasteiger partial charge < -0.3 is 5.73 Å². The Kier molecular flexibility index (Phi) is 3.29. The van der Waals surface area contributed by atoms with Crippen LogP contribution in [0.25, 0.3) is 10.4 Å². The Hall–Kier alpha value is -1.61. The van der Waals surface area contributed by atoms with E-state index in [4.69, 9.17) is 5.73 Å². The Balaban J connectivity index is 2.30. The van der Waals surface area contributed by atoms with Gasteiger partial charge in [-0.25, -0.2) is 0 Å². The molecule has 2 aromatic rings. The summed E-state index contributed by atoms with van der Waals surface area (Å²) in [5, 5.41) is 0. The molecule has 1 heterocycles. The molecule has 0 saturated heterocycles. The molecule has 0 aliphatic rings. The molecule has 0 aliphatic carbocycles. The van der Waals surface area contributed by atoms with Crippen LogP contribution < -0.4 is 5.73 Å². The quantitative estimate of drug-likeness (QED) is 0.881. The molecule has 2 rings (SSSR count). The highest BCUT2D eigenvalue weighted by molar-refractivity contribution is 7.15. The number of rotatable bonds is 3. The minimum Gasteiger partial charge on any atom is -0.366 e. The van der Waals surface area contributed by atoms with E-state index in [9.17, 15) is 4.79 Å². The molecule has 0 spiro atoms. The first kappa shape index (κ1) is 11.9. The van der Waals surface area contributed by atoms with Crippen molar-refractivity contribution in [3.63, 3.8) is 0 Å². The van der Waals surface area contributed by atoms with Crippen LogP contribution >= 0.6 is 11.3 Å². The average molecular weight is 245 g/mol. The van der Waals surface area contributed by atoms with E-state index in [1.807, 2.05) is 12.1 Å². The van der Waals surface area contributed by atoms with Crippen molar-refractivity contribution < 1.29 is 4.79 Å². The lowest BCUT2D eigenvalue weighted by atomic mass is 10.1. The van der Waals surface area contributed by atoms with Crippen LogP contribution in [0.1, 0.15) is 35.0 Å². The highest BCUT2D eigenvalue weighted by Gasteiger charge is 2.06. The third kappa shape index (κ3) is 2.56. The number of carbonyl (C=O) groups excluding carboxylic acids is 1. The summed E-state index contributed by atoms with van der Waals surface area (Å²) >= 11 is 1.79. The fourth-order valence-electron chi connectivity index (χ4n) is 1.62. The molecule has 0 fully saturated rings. The number of benzene rings is 1. The van der Waals surface area contributed by atoms with Crippen LogP contribution in [0.2, 0.25) is 0 Å². The minimum absolute atomic E-state index is 0.384. The number of hydrogen-bond acceptors (Lipinski definition) is 2. The predicted molar refractivity (Wildman–Crippen MR) is 72.4 cm³/mol. The minimum atomic E-state index is -0.384. The number of primary amides is 1. The van der Waals surface area contributed by atoms with Crippen molar-refractivity contribution in [3.8, 4) is 10.4 Å². The highest BCUT2D eigenvalue weighted by Crippen LogP contribution is 2.31. The molecule has 2 N–H and O–H groups in total. The largest absolute Gasteiger partial charge is 0.366 e. The van der Waals surface area contributed by atoms with Crippen molar-refractivity contribution in [1.82, 2.24) is 0 Å². The number of nitrogens with two attached hydrogens (primary N) is 1. The second kappa shape index (κ2) is 4.72. The van der Waals surface area contributed by atoms with Crippen molar-refractivity contribution in [2.75, 3.05) is 0 Å². The van der Waals surface area contributed by atoms with Gasteiger partial charge in [0.1, 0.15) is 0 Å². The Morgan fingerprint density at radius 3 is 2.24 bits per heavy atom. The first-order valence-electron chi connectivity index (χ1n) is 5.58. The van der Waals surface area contributed by atoms with E-state index in [0.29, 0.717) is 11.5 Å². The average Bonchev–Trinajstić information content (AvgIpc) is 2.78. The summed E-state index contributed by atoms with van der Waals surface area (Å²) in [6, 6.07) is 11.7. The molecule has 0 unspecified atom stereocenters. The van der Waals surface area contributed by atoms with Crippen LogP contribution in [0.5, 0.6) is 0 Å². The van der Waals surface area contributed by atoms with E-state index in [1.54, 1.807) is 23.5 Å². The Morgan fingerprint density at radius 1 is 1.12 bits per heavy atom. The molecule has 1 aromatic heterocycles. The summed E-state index contributed by atoms with van der Waals surface area (Å²) in [4.78, 5) is 13.6. The second-order valence-electron chi connectivity index (χ2n) is 4.30. The SMILES string of the molecule is CC(C)c1ccc(-c2ccc(C(N)=O)cc2)s1. The predicted octanol–water partition coefficient (Wildman–Crippen LogP) is 3.64. The zero-order valence-corrected chi connectivity index (χ0v) is 10.8. The fraction of sp³-hybridized carbons (Fsp3) is 0.214. The lowest BCUT2D eigenvalue weighted by Crippen LogP contribution is -2.10. The maximum absolute atomic E-state index is 11.0. The summed E-state index contributed by atoms with van der Waals surface area (Å²) in [7, 11) is 0. The van der Waals surface area contributed by atoms with Gasteiger partial charge in [-0.2, -0.15) is 0 Å². The molecule has 0 radical (unpaired) electrons. The van der Waals surface area contributed by atoms with Crippen molar-refractivity contribution >= 4 is 17.2 Å². The molecule has 88 valence electrons. The standard InChI is InChI=1S/C14H15NOS/c1-9(2)12-7-8-13(17-12)10-3-5-11(6-4-10)14(15)16/h3-9H,1-2H3,(H2,15,16). The maximum Gasteiger partial charge on any atom is 0.248 e. The van der Waals surface area contributed by atoms with E-state index in [2.05, 4.69) is 26.0 Å². The van der Waals surface area contributed by atoms with E-state index < -0.39 is 0 Å². The van der Waals surface area contributed by atoms with Crippen LogP contribution in [0, 0.1) is 0 Å². The van der Waals surface area contributed by atoms with Crippen LogP contribution in [0.3, 0.4) is 0 Å². The van der Waals surface area contributed by atoms with Gasteiger partial charge in [0.2, 0.25) is 5.91 Å². The molecular formula is C14H15NOS. The zero-order valence-electron chi connectivity index (χ0n) is 9.94. The molecule has 1 aromatic carbocycles.